The maximum absolute atomic E-state index is 13.2. The van der Waals surface area contributed by atoms with Crippen molar-refractivity contribution in [2.45, 2.75) is 72.0 Å². The lowest BCUT2D eigenvalue weighted by atomic mass is 9.89. The van der Waals surface area contributed by atoms with E-state index in [0.29, 0.717) is 29.0 Å². The second-order valence-corrected chi connectivity index (χ2v) is 9.02. The zero-order chi connectivity index (χ0) is 24.1. The number of aromatic nitrogens is 1. The van der Waals surface area contributed by atoms with Gasteiger partial charge in [0.25, 0.3) is 11.5 Å². The molecule has 1 fully saturated rings. The molecule has 1 saturated carbocycles. The number of methoxy groups -OCH3 is 1. The number of carbonyl (C=O) groups is 1. The molecule has 0 radical (unpaired) electrons. The van der Waals surface area contributed by atoms with E-state index in [2.05, 4.69) is 27.4 Å². The lowest BCUT2D eigenvalue weighted by Gasteiger charge is -2.39. The monoisotopic (exact) mass is 454 g/mol. The molecule has 0 atom stereocenters. The molecule has 0 spiro atoms. The van der Waals surface area contributed by atoms with Crippen molar-refractivity contribution >= 4 is 11.6 Å². The molecule has 0 aliphatic heterocycles. The van der Waals surface area contributed by atoms with Gasteiger partial charge < -0.3 is 25.3 Å². The van der Waals surface area contributed by atoms with Crippen LogP contribution in [0, 0.1) is 20.8 Å². The molecule has 1 aromatic carbocycles. The van der Waals surface area contributed by atoms with Crippen LogP contribution in [0.5, 0.6) is 5.75 Å². The molecule has 7 nitrogen and oxygen atoms in total. The number of nitrogens with one attached hydrogen (secondary N) is 3. The Morgan fingerprint density at radius 1 is 1.15 bits per heavy atom. The molecule has 7 heteroatoms. The smallest absolute Gasteiger partial charge is 0.253 e. The largest absolute Gasteiger partial charge is 0.497 e. The highest BCUT2D eigenvalue weighted by Gasteiger charge is 2.27. The number of ether oxygens (including phenoxy) is 1. The van der Waals surface area contributed by atoms with E-state index < -0.39 is 0 Å². The van der Waals surface area contributed by atoms with Crippen molar-refractivity contribution in [1.82, 2.24) is 15.6 Å². The van der Waals surface area contributed by atoms with Crippen molar-refractivity contribution in [3.8, 4) is 5.75 Å². The van der Waals surface area contributed by atoms with E-state index in [4.69, 9.17) is 4.74 Å². The number of hydrogen-bond acceptors (Lipinski definition) is 5. The van der Waals surface area contributed by atoms with Crippen molar-refractivity contribution in [2.24, 2.45) is 0 Å². The highest BCUT2D eigenvalue weighted by Crippen LogP contribution is 2.34. The van der Waals surface area contributed by atoms with Gasteiger partial charge in [0.1, 0.15) is 5.75 Å². The van der Waals surface area contributed by atoms with Crippen LogP contribution in [0.3, 0.4) is 0 Å². The normalized spacial score (nSPS) is 18.1. The predicted molar refractivity (Wildman–Crippen MR) is 134 cm³/mol. The number of amides is 1. The fourth-order valence-corrected chi connectivity index (χ4v) is 4.99. The molecule has 33 heavy (non-hydrogen) atoms. The lowest BCUT2D eigenvalue weighted by molar-refractivity contribution is 0.0950. The molecule has 1 aromatic heterocycles. The number of rotatable bonds is 8. The van der Waals surface area contributed by atoms with Crippen molar-refractivity contribution in [3.05, 3.63) is 56.5 Å². The molecular weight excluding hydrogens is 416 g/mol. The Morgan fingerprint density at radius 3 is 2.42 bits per heavy atom. The molecule has 1 amide bonds. The van der Waals surface area contributed by atoms with Gasteiger partial charge in [-0.1, -0.05) is 0 Å². The van der Waals surface area contributed by atoms with Gasteiger partial charge in [-0.2, -0.15) is 0 Å². The maximum Gasteiger partial charge on any atom is 0.253 e. The molecule has 0 saturated heterocycles. The average molecular weight is 455 g/mol. The number of pyridine rings is 1. The third-order valence-corrected chi connectivity index (χ3v) is 6.95. The van der Waals surface area contributed by atoms with E-state index in [1.165, 1.54) is 0 Å². The van der Waals surface area contributed by atoms with Gasteiger partial charge in [-0.05, 0) is 83.7 Å². The van der Waals surface area contributed by atoms with E-state index in [-0.39, 0.29) is 18.0 Å². The minimum Gasteiger partial charge on any atom is -0.497 e. The van der Waals surface area contributed by atoms with Gasteiger partial charge >= 0.3 is 0 Å². The molecule has 3 rings (SSSR count). The fraction of sp³-hybridized carbons (Fsp3) is 0.538. The highest BCUT2D eigenvalue weighted by atomic mass is 16.5. The summed E-state index contributed by atoms with van der Waals surface area (Å²) in [6.07, 6.45) is 4.54. The first-order valence-electron chi connectivity index (χ1n) is 11.9. The number of benzene rings is 1. The van der Waals surface area contributed by atoms with Crippen molar-refractivity contribution in [1.29, 1.82) is 0 Å². The molecule has 1 aliphatic rings. The Labute approximate surface area is 196 Å². The summed E-state index contributed by atoms with van der Waals surface area (Å²) in [5.74, 6) is 0.453. The van der Waals surface area contributed by atoms with Crippen LogP contribution in [0.15, 0.2) is 23.0 Å². The van der Waals surface area contributed by atoms with Gasteiger partial charge in [0.15, 0.2) is 0 Å². The van der Waals surface area contributed by atoms with E-state index in [9.17, 15) is 9.59 Å². The molecule has 1 aliphatic carbocycles. The van der Waals surface area contributed by atoms with Crippen LogP contribution in [0.4, 0.5) is 5.69 Å². The molecule has 180 valence electrons. The summed E-state index contributed by atoms with van der Waals surface area (Å²) in [5.41, 5.74) is 4.64. The third-order valence-electron chi connectivity index (χ3n) is 6.95. The van der Waals surface area contributed by atoms with Crippen LogP contribution in [0.2, 0.25) is 0 Å². The molecule has 2 aromatic rings. The van der Waals surface area contributed by atoms with Crippen molar-refractivity contribution < 1.29 is 9.53 Å². The topological polar surface area (TPSA) is 86.5 Å². The second kappa shape index (κ2) is 10.9. The van der Waals surface area contributed by atoms with Crippen molar-refractivity contribution in [2.75, 3.05) is 25.6 Å². The third kappa shape index (κ3) is 5.58. The molecular formula is C26H38N4O3. The first kappa shape index (κ1) is 24.8. The summed E-state index contributed by atoms with van der Waals surface area (Å²) in [7, 11) is 3.66. The van der Waals surface area contributed by atoms with Gasteiger partial charge in [-0.15, -0.1) is 0 Å². The van der Waals surface area contributed by atoms with Gasteiger partial charge in [0.05, 0.1) is 7.11 Å². The number of H-pyrrole nitrogens is 1. The minimum absolute atomic E-state index is 0.162. The highest BCUT2D eigenvalue weighted by molar-refractivity contribution is 5.97. The SMILES string of the molecule is CCN(c1cc(OC)cc(C(=O)NCc2c(C)cc(C)[nH]c2=O)c1C)[C@H]1CC[C@H](NC)CC1. The number of aryl methyl sites for hydroxylation is 2. The number of hydrogen-bond donors (Lipinski definition) is 3. The summed E-state index contributed by atoms with van der Waals surface area (Å²) in [6.45, 7) is 8.94. The molecule has 3 N–H and O–H groups in total. The van der Waals surface area contributed by atoms with Crippen LogP contribution in [0.1, 0.15) is 65.3 Å². The van der Waals surface area contributed by atoms with E-state index in [1.807, 2.05) is 40.0 Å². The summed E-state index contributed by atoms with van der Waals surface area (Å²) in [6, 6.07) is 6.76. The molecule has 1 heterocycles. The fourth-order valence-electron chi connectivity index (χ4n) is 4.99. The lowest BCUT2D eigenvalue weighted by Crippen LogP contribution is -2.42. The predicted octanol–water partition coefficient (Wildman–Crippen LogP) is 3.60. The minimum atomic E-state index is -0.207. The van der Waals surface area contributed by atoms with Crippen LogP contribution in [-0.2, 0) is 6.54 Å². The summed E-state index contributed by atoms with van der Waals surface area (Å²) in [5, 5.41) is 6.34. The average Bonchev–Trinajstić information content (AvgIpc) is 2.80. The molecule has 0 unspecified atom stereocenters. The number of nitrogens with zero attached hydrogens (tertiary/aromatic N) is 1. The van der Waals surface area contributed by atoms with Crippen LogP contribution in [0.25, 0.3) is 0 Å². The Hall–Kier alpha value is -2.80. The molecule has 0 bridgehead atoms. The number of anilines is 1. The maximum atomic E-state index is 13.2. The van der Waals surface area contributed by atoms with E-state index in [0.717, 1.165) is 54.7 Å². The van der Waals surface area contributed by atoms with Crippen LogP contribution in [-0.4, -0.2) is 43.7 Å². The summed E-state index contributed by atoms with van der Waals surface area (Å²) < 4.78 is 5.56. The standard InChI is InChI=1S/C26H38N4O3/c1-7-30(20-10-8-19(27-5)9-11-20)24-14-21(33-6)13-22(18(24)4)25(31)28-15-23-16(2)12-17(3)29-26(23)32/h12-14,19-20,27H,7-11,15H2,1-6H3,(H,28,31)(H,29,32)/t19-,20-. The Bertz CT molecular complexity index is 1040. The Kier molecular flexibility index (Phi) is 8.19. The number of aromatic amines is 1. The quantitative estimate of drug-likeness (QED) is 0.567. The van der Waals surface area contributed by atoms with Gasteiger partial charge in [-0.25, -0.2) is 0 Å². The Balaban J connectivity index is 1.86. The van der Waals surface area contributed by atoms with E-state index in [1.54, 1.807) is 13.2 Å². The van der Waals surface area contributed by atoms with Crippen molar-refractivity contribution in [3.63, 3.8) is 0 Å². The first-order valence-corrected chi connectivity index (χ1v) is 11.9. The zero-order valence-corrected chi connectivity index (χ0v) is 20.8. The van der Waals surface area contributed by atoms with Gasteiger partial charge in [0, 0.05) is 53.7 Å². The summed E-state index contributed by atoms with van der Waals surface area (Å²) in [4.78, 5) is 30.8. The van der Waals surface area contributed by atoms with Crippen LogP contribution >= 0.6 is 0 Å². The first-order chi connectivity index (χ1) is 15.8. The second-order valence-electron chi connectivity index (χ2n) is 9.02. The summed E-state index contributed by atoms with van der Waals surface area (Å²) >= 11 is 0. The van der Waals surface area contributed by atoms with E-state index >= 15 is 0 Å². The van der Waals surface area contributed by atoms with Crippen LogP contribution < -0.4 is 25.8 Å². The van der Waals surface area contributed by atoms with Gasteiger partial charge in [0.2, 0.25) is 0 Å². The van der Waals surface area contributed by atoms with Gasteiger partial charge in [-0.3, -0.25) is 9.59 Å². The Morgan fingerprint density at radius 2 is 1.85 bits per heavy atom. The number of carbonyl (C=O) groups excluding carboxylic acids is 1. The zero-order valence-electron chi connectivity index (χ0n) is 20.8.